The fraction of sp³-hybridized carbons (Fsp3) is 0.714. The van der Waals surface area contributed by atoms with Gasteiger partial charge in [-0.25, -0.2) is 9.59 Å². The van der Waals surface area contributed by atoms with Crippen LogP contribution in [0.25, 0.3) is 0 Å². The monoisotopic (exact) mass is 232 g/mol. The second-order valence-electron chi connectivity index (χ2n) is 3.42. The molecule has 2 fully saturated rings. The zero-order valence-electron chi connectivity index (χ0n) is 8.28. The smallest absolute Gasteiger partial charge is 0.327 e. The highest BCUT2D eigenvalue weighted by Crippen LogP contribution is 2.27. The number of hydrogen-bond acceptors (Lipinski definition) is 5. The van der Waals surface area contributed by atoms with E-state index >= 15 is 0 Å². The highest BCUT2D eigenvalue weighted by molar-refractivity contribution is 5.84. The van der Waals surface area contributed by atoms with E-state index in [1.54, 1.807) is 0 Å². The summed E-state index contributed by atoms with van der Waals surface area (Å²) < 4.78 is 0. The first-order chi connectivity index (χ1) is 7.65. The molecule has 0 bridgehead atoms. The summed E-state index contributed by atoms with van der Waals surface area (Å²) in [5.41, 5.74) is 0. The lowest BCUT2D eigenvalue weighted by molar-refractivity contribution is 0.0260. The second-order valence-corrected chi connectivity index (χ2v) is 3.42. The molecule has 0 unspecified atom stereocenters. The predicted molar refractivity (Wildman–Crippen MR) is 48.3 cm³/mol. The van der Waals surface area contributed by atoms with Crippen LogP contribution in [0.3, 0.4) is 0 Å². The molecule has 2 aliphatic rings. The Kier molecular flexibility index (Phi) is 2.58. The maximum absolute atomic E-state index is 11.6. The van der Waals surface area contributed by atoms with Gasteiger partial charge in [0, 0.05) is 0 Å². The van der Waals surface area contributed by atoms with E-state index in [1.807, 2.05) is 0 Å². The largest absolute Gasteiger partial charge is 0.376 e. The molecule has 2 atom stereocenters. The van der Waals surface area contributed by atoms with Gasteiger partial charge in [0.05, 0.1) is 0 Å². The van der Waals surface area contributed by atoms with E-state index in [4.69, 9.17) is 15.3 Å². The minimum Gasteiger partial charge on any atom is -0.376 e. The molecule has 0 aromatic carbocycles. The van der Waals surface area contributed by atoms with Crippen LogP contribution in [0.15, 0.2) is 0 Å². The molecule has 0 aromatic heterocycles. The molecular formula is C7H12N4O5. The molecule has 0 radical (unpaired) electrons. The molecular weight excluding hydrogens is 220 g/mol. The Labute approximate surface area is 90.5 Å². The molecule has 16 heavy (non-hydrogen) atoms. The van der Waals surface area contributed by atoms with Crippen LogP contribution in [-0.2, 0) is 0 Å². The molecule has 2 saturated heterocycles. The number of nitrogens with one attached hydrogen (secondary N) is 1. The van der Waals surface area contributed by atoms with Crippen LogP contribution in [0.5, 0.6) is 0 Å². The standard InChI is InChI=1S/C7H12N4O5/c12-1-9-4-5(11(3-14)7(9)16)10(2-13)6(15)8-4/h4-5,12-14H,1-3H2,(H,8,15)/t4-,5+/m0/s1. The van der Waals surface area contributed by atoms with E-state index in [9.17, 15) is 9.59 Å². The van der Waals surface area contributed by atoms with Crippen molar-refractivity contribution in [2.24, 2.45) is 0 Å². The van der Waals surface area contributed by atoms with Crippen LogP contribution in [0.4, 0.5) is 9.59 Å². The summed E-state index contributed by atoms with van der Waals surface area (Å²) in [7, 11) is 0. The summed E-state index contributed by atoms with van der Waals surface area (Å²) >= 11 is 0. The molecule has 9 nitrogen and oxygen atoms in total. The van der Waals surface area contributed by atoms with Gasteiger partial charge in [0.2, 0.25) is 0 Å². The van der Waals surface area contributed by atoms with Crippen molar-refractivity contribution in [3.8, 4) is 0 Å². The Morgan fingerprint density at radius 3 is 2.06 bits per heavy atom. The molecule has 9 heteroatoms. The van der Waals surface area contributed by atoms with Gasteiger partial charge >= 0.3 is 12.1 Å². The number of urea groups is 2. The quantitative estimate of drug-likeness (QED) is 0.421. The van der Waals surface area contributed by atoms with Crippen molar-refractivity contribution in [2.45, 2.75) is 12.3 Å². The molecule has 0 aromatic rings. The van der Waals surface area contributed by atoms with E-state index in [0.29, 0.717) is 0 Å². The summed E-state index contributed by atoms with van der Waals surface area (Å²) in [6.07, 6.45) is -1.56. The summed E-state index contributed by atoms with van der Waals surface area (Å²) in [4.78, 5) is 26.0. The normalized spacial score (nSPS) is 28.8. The first kappa shape index (κ1) is 10.9. The van der Waals surface area contributed by atoms with Gasteiger partial charge in [0.25, 0.3) is 0 Å². The Balaban J connectivity index is 2.31. The van der Waals surface area contributed by atoms with Gasteiger partial charge in [0.15, 0.2) is 6.17 Å². The van der Waals surface area contributed by atoms with Crippen LogP contribution < -0.4 is 5.32 Å². The summed E-state index contributed by atoms with van der Waals surface area (Å²) in [6, 6.07) is -1.15. The number of hydrogen-bond donors (Lipinski definition) is 4. The van der Waals surface area contributed by atoms with Gasteiger partial charge in [-0.05, 0) is 0 Å². The van der Waals surface area contributed by atoms with Crippen LogP contribution in [0.2, 0.25) is 0 Å². The number of aliphatic hydroxyl groups excluding tert-OH is 3. The van der Waals surface area contributed by atoms with Gasteiger partial charge in [0.1, 0.15) is 26.4 Å². The molecule has 2 rings (SSSR count). The molecule has 0 saturated carbocycles. The number of aliphatic hydroxyl groups is 3. The van der Waals surface area contributed by atoms with Gasteiger partial charge < -0.3 is 20.6 Å². The third kappa shape index (κ3) is 1.22. The summed E-state index contributed by atoms with van der Waals surface area (Å²) in [5, 5.41) is 29.5. The van der Waals surface area contributed by atoms with Crippen molar-refractivity contribution in [2.75, 3.05) is 20.2 Å². The van der Waals surface area contributed by atoms with Crippen molar-refractivity contribution < 1.29 is 24.9 Å². The van der Waals surface area contributed by atoms with Crippen molar-refractivity contribution in [1.82, 2.24) is 20.0 Å². The predicted octanol–water partition coefficient (Wildman–Crippen LogP) is -2.75. The zero-order valence-corrected chi connectivity index (χ0v) is 8.28. The van der Waals surface area contributed by atoms with E-state index in [0.717, 1.165) is 14.7 Å². The summed E-state index contributed by atoms with van der Waals surface area (Å²) in [5.74, 6) is 0. The first-order valence-corrected chi connectivity index (χ1v) is 4.62. The number of rotatable bonds is 3. The lowest BCUT2D eigenvalue weighted by Crippen LogP contribution is -2.47. The zero-order chi connectivity index (χ0) is 11.9. The third-order valence-electron chi connectivity index (χ3n) is 2.74. The van der Waals surface area contributed by atoms with E-state index in [1.165, 1.54) is 0 Å². The average Bonchev–Trinajstić information content (AvgIpc) is 2.70. The third-order valence-corrected chi connectivity index (χ3v) is 2.74. The Hall–Kier alpha value is -1.58. The fourth-order valence-electron chi connectivity index (χ4n) is 1.99. The van der Waals surface area contributed by atoms with Gasteiger partial charge in [-0.15, -0.1) is 0 Å². The van der Waals surface area contributed by atoms with E-state index in [-0.39, 0.29) is 0 Å². The number of fused-ring (bicyclic) bond motifs is 1. The first-order valence-electron chi connectivity index (χ1n) is 4.62. The van der Waals surface area contributed by atoms with Gasteiger partial charge in [-0.2, -0.15) is 0 Å². The molecule has 4 amide bonds. The minimum absolute atomic E-state index is 0.554. The number of nitrogens with zero attached hydrogens (tertiary/aromatic N) is 3. The van der Waals surface area contributed by atoms with E-state index in [2.05, 4.69) is 5.32 Å². The van der Waals surface area contributed by atoms with Crippen LogP contribution in [-0.4, -0.2) is 74.6 Å². The maximum atomic E-state index is 11.6. The second kappa shape index (κ2) is 3.77. The summed E-state index contributed by atoms with van der Waals surface area (Å²) in [6.45, 7) is -1.74. The van der Waals surface area contributed by atoms with E-state index < -0.39 is 44.6 Å². The maximum Gasteiger partial charge on any atom is 0.327 e. The van der Waals surface area contributed by atoms with Crippen molar-refractivity contribution >= 4 is 12.1 Å². The SMILES string of the molecule is O=C1N[C@@H]2[C@H](N1CO)N(CO)C(=O)N2CO. The fourth-order valence-corrected chi connectivity index (χ4v) is 1.99. The number of amides is 4. The lowest BCUT2D eigenvalue weighted by Gasteiger charge is -2.25. The number of carbonyl (C=O) groups is 2. The van der Waals surface area contributed by atoms with Crippen LogP contribution >= 0.6 is 0 Å². The molecule has 0 spiro atoms. The van der Waals surface area contributed by atoms with Gasteiger partial charge in [-0.3, -0.25) is 14.7 Å². The van der Waals surface area contributed by atoms with Crippen molar-refractivity contribution in [1.29, 1.82) is 0 Å². The molecule has 0 aliphatic carbocycles. The van der Waals surface area contributed by atoms with Gasteiger partial charge in [-0.1, -0.05) is 0 Å². The minimum atomic E-state index is -0.804. The average molecular weight is 232 g/mol. The van der Waals surface area contributed by atoms with Crippen molar-refractivity contribution in [3.05, 3.63) is 0 Å². The number of carbonyl (C=O) groups excluding carboxylic acids is 2. The lowest BCUT2D eigenvalue weighted by atomic mass is 10.4. The van der Waals surface area contributed by atoms with Crippen LogP contribution in [0, 0.1) is 0 Å². The van der Waals surface area contributed by atoms with Crippen molar-refractivity contribution in [3.63, 3.8) is 0 Å². The van der Waals surface area contributed by atoms with Crippen LogP contribution in [0.1, 0.15) is 0 Å². The topological polar surface area (TPSA) is 117 Å². The highest BCUT2D eigenvalue weighted by atomic mass is 16.3. The Morgan fingerprint density at radius 1 is 1.00 bits per heavy atom. The Bertz CT molecular complexity index is 322. The molecule has 4 N–H and O–H groups in total. The molecule has 90 valence electrons. The Morgan fingerprint density at radius 2 is 1.56 bits per heavy atom. The highest BCUT2D eigenvalue weighted by Gasteiger charge is 2.54. The molecule has 2 heterocycles. The molecule has 2 aliphatic heterocycles.